The number of hydrogen-bond donors (Lipinski definition) is 3. The van der Waals surface area contributed by atoms with Gasteiger partial charge in [-0.2, -0.15) is 0 Å². The summed E-state index contributed by atoms with van der Waals surface area (Å²) in [5, 5.41) is 9.31. The lowest BCUT2D eigenvalue weighted by atomic mass is 9.83. The second kappa shape index (κ2) is 13.0. The van der Waals surface area contributed by atoms with E-state index in [-0.39, 0.29) is 23.0 Å². The fourth-order valence-electron chi connectivity index (χ4n) is 6.14. The average molecular weight is 650 g/mol. The lowest BCUT2D eigenvalue weighted by Gasteiger charge is -2.44. The molecule has 0 saturated carbocycles. The third-order valence-electron chi connectivity index (χ3n) is 8.19. The summed E-state index contributed by atoms with van der Waals surface area (Å²) < 4.78 is 43.6. The Balaban J connectivity index is 1.27. The van der Waals surface area contributed by atoms with Crippen molar-refractivity contribution in [3.05, 3.63) is 117 Å². The molecule has 1 fully saturated rings. The lowest BCUT2D eigenvalue weighted by molar-refractivity contribution is 0.0950. The molecule has 0 radical (unpaired) electrons. The number of carbonyl (C=O) groups excluding carboxylic acids is 1. The SMILES string of the molecule is CSc1cccc(NC(=S)Nc2cc(C(=O)NCc3c(F)cc(F)cc3F)ccc2N2C[C@H]3C[C@@H](C2)c2cccc(=O)n2C3)c1. The molecule has 45 heavy (non-hydrogen) atoms. The monoisotopic (exact) mass is 649 g/mol. The Morgan fingerprint density at radius 1 is 0.956 bits per heavy atom. The third-order valence-corrected chi connectivity index (χ3v) is 9.12. The van der Waals surface area contributed by atoms with Gasteiger partial charge in [-0.15, -0.1) is 11.8 Å². The number of nitrogens with one attached hydrogen (secondary N) is 3. The van der Waals surface area contributed by atoms with Crippen LogP contribution in [0.15, 0.2) is 82.5 Å². The highest BCUT2D eigenvalue weighted by Gasteiger charge is 2.35. The molecule has 4 aromatic rings. The van der Waals surface area contributed by atoms with Crippen LogP contribution in [0.1, 0.15) is 34.0 Å². The first-order valence-electron chi connectivity index (χ1n) is 14.4. The van der Waals surface area contributed by atoms with Gasteiger partial charge in [0.2, 0.25) is 0 Å². The number of benzene rings is 3. The number of aromatic nitrogens is 1. The Hall–Kier alpha value is -4.29. The number of pyridine rings is 1. The van der Waals surface area contributed by atoms with E-state index in [1.807, 2.05) is 47.2 Å². The first kappa shape index (κ1) is 30.7. The van der Waals surface area contributed by atoms with Gasteiger partial charge in [0.1, 0.15) is 17.5 Å². The minimum absolute atomic E-state index is 0.00994. The van der Waals surface area contributed by atoms with Gasteiger partial charge in [0.15, 0.2) is 5.11 Å². The molecular formula is C33H30F3N5O2S2. The van der Waals surface area contributed by atoms with Crippen LogP contribution in [0.25, 0.3) is 0 Å². The van der Waals surface area contributed by atoms with E-state index in [0.717, 1.165) is 28.4 Å². The molecule has 2 atom stereocenters. The molecule has 232 valence electrons. The summed E-state index contributed by atoms with van der Waals surface area (Å²) in [5.41, 5.74) is 3.03. The molecule has 2 aliphatic rings. The Bertz CT molecular complexity index is 1830. The molecule has 12 heteroatoms. The highest BCUT2D eigenvalue weighted by molar-refractivity contribution is 7.98. The largest absolute Gasteiger partial charge is 0.369 e. The number of hydrogen-bond acceptors (Lipinski definition) is 5. The maximum atomic E-state index is 14.2. The molecule has 3 heterocycles. The summed E-state index contributed by atoms with van der Waals surface area (Å²) in [4.78, 5) is 29.0. The summed E-state index contributed by atoms with van der Waals surface area (Å²) in [6.45, 7) is 1.55. The molecule has 6 rings (SSSR count). The average Bonchev–Trinajstić information content (AvgIpc) is 3.01. The number of anilines is 3. The molecular weight excluding hydrogens is 620 g/mol. The topological polar surface area (TPSA) is 78.4 Å². The normalized spacial score (nSPS) is 16.9. The van der Waals surface area contributed by atoms with Gasteiger partial charge in [-0.05, 0) is 73.3 Å². The Morgan fingerprint density at radius 2 is 1.73 bits per heavy atom. The molecule has 0 spiro atoms. The number of nitrogens with zero attached hydrogens (tertiary/aromatic N) is 2. The van der Waals surface area contributed by atoms with Crippen molar-refractivity contribution >= 4 is 52.1 Å². The molecule has 0 aliphatic carbocycles. The van der Waals surface area contributed by atoms with E-state index >= 15 is 0 Å². The number of fused-ring (bicyclic) bond motifs is 4. The number of piperidine rings is 1. The van der Waals surface area contributed by atoms with Crippen LogP contribution in [-0.4, -0.2) is 34.9 Å². The Kier molecular flexibility index (Phi) is 8.86. The number of amides is 1. The van der Waals surface area contributed by atoms with Crippen LogP contribution in [0, 0.1) is 23.4 Å². The van der Waals surface area contributed by atoms with Crippen molar-refractivity contribution in [3.8, 4) is 0 Å². The molecule has 3 N–H and O–H groups in total. The number of halogens is 3. The van der Waals surface area contributed by atoms with Crippen LogP contribution in [0.3, 0.4) is 0 Å². The second-order valence-corrected chi connectivity index (χ2v) is 12.5. The number of thioether (sulfide) groups is 1. The smallest absolute Gasteiger partial charge is 0.251 e. The zero-order valence-corrected chi connectivity index (χ0v) is 25.9. The van der Waals surface area contributed by atoms with E-state index in [1.165, 1.54) is 0 Å². The van der Waals surface area contributed by atoms with Gasteiger partial charge in [-0.1, -0.05) is 12.1 Å². The van der Waals surface area contributed by atoms with Crippen LogP contribution in [0.2, 0.25) is 0 Å². The summed E-state index contributed by atoms with van der Waals surface area (Å²) in [6, 6.07) is 19.5. The summed E-state index contributed by atoms with van der Waals surface area (Å²) >= 11 is 7.28. The standard InChI is InChI=1S/C33H30F3N5O2S2/c1-45-24-5-2-4-23(14-24)38-33(44)39-28-11-20(32(43)37-15-25-26(35)12-22(34)13-27(25)36)8-9-30(28)40-16-19-10-21(18-40)29-6-3-7-31(42)41(29)17-19/h2-9,11-14,19,21H,10,15-18H2,1H3,(H,37,43)(H2,38,39,44)/t19-,21+/m1/s1. The van der Waals surface area contributed by atoms with Crippen molar-refractivity contribution in [2.45, 2.75) is 30.3 Å². The highest BCUT2D eigenvalue weighted by Crippen LogP contribution is 2.39. The van der Waals surface area contributed by atoms with Crippen molar-refractivity contribution < 1.29 is 18.0 Å². The summed E-state index contributed by atoms with van der Waals surface area (Å²) in [7, 11) is 0. The van der Waals surface area contributed by atoms with Gasteiger partial charge in [0, 0.05) is 77.7 Å². The van der Waals surface area contributed by atoms with E-state index < -0.39 is 35.5 Å². The molecule has 2 bridgehead atoms. The van der Waals surface area contributed by atoms with Gasteiger partial charge in [0.05, 0.1) is 11.4 Å². The van der Waals surface area contributed by atoms with Crippen LogP contribution < -0.4 is 26.4 Å². The summed E-state index contributed by atoms with van der Waals surface area (Å²) in [5.74, 6) is -3.34. The van der Waals surface area contributed by atoms with E-state index in [9.17, 15) is 22.8 Å². The highest BCUT2D eigenvalue weighted by atomic mass is 32.2. The first-order chi connectivity index (χ1) is 21.7. The molecule has 7 nitrogen and oxygen atoms in total. The van der Waals surface area contributed by atoms with Crippen LogP contribution in [0.5, 0.6) is 0 Å². The van der Waals surface area contributed by atoms with Crippen molar-refractivity contribution in [2.75, 3.05) is 34.9 Å². The molecule has 2 aliphatic heterocycles. The predicted molar refractivity (Wildman–Crippen MR) is 176 cm³/mol. The van der Waals surface area contributed by atoms with E-state index in [4.69, 9.17) is 12.2 Å². The van der Waals surface area contributed by atoms with E-state index in [2.05, 4.69) is 20.9 Å². The molecule has 1 saturated heterocycles. The molecule has 1 aromatic heterocycles. The minimum atomic E-state index is -1.08. The molecule has 0 unspecified atom stereocenters. The van der Waals surface area contributed by atoms with Crippen molar-refractivity contribution in [1.29, 1.82) is 0 Å². The van der Waals surface area contributed by atoms with E-state index in [1.54, 1.807) is 36.0 Å². The zero-order valence-electron chi connectivity index (χ0n) is 24.3. The van der Waals surface area contributed by atoms with Gasteiger partial charge in [0.25, 0.3) is 11.5 Å². The maximum absolute atomic E-state index is 14.2. The lowest BCUT2D eigenvalue weighted by Crippen LogP contribution is -2.47. The van der Waals surface area contributed by atoms with Gasteiger partial charge < -0.3 is 25.4 Å². The third kappa shape index (κ3) is 6.71. The zero-order chi connectivity index (χ0) is 31.7. The van der Waals surface area contributed by atoms with Gasteiger partial charge >= 0.3 is 0 Å². The Labute approximate surface area is 267 Å². The van der Waals surface area contributed by atoms with Crippen LogP contribution >= 0.6 is 24.0 Å². The van der Waals surface area contributed by atoms with Crippen LogP contribution in [-0.2, 0) is 13.1 Å². The fraction of sp³-hybridized carbons (Fsp3) is 0.242. The number of thiocarbonyl (C=S) groups is 1. The fourth-order valence-corrected chi connectivity index (χ4v) is 6.83. The van der Waals surface area contributed by atoms with Crippen molar-refractivity contribution in [1.82, 2.24) is 9.88 Å². The quantitative estimate of drug-likeness (QED) is 0.159. The van der Waals surface area contributed by atoms with Crippen LogP contribution in [0.4, 0.5) is 30.2 Å². The minimum Gasteiger partial charge on any atom is -0.369 e. The van der Waals surface area contributed by atoms with Gasteiger partial charge in [-0.25, -0.2) is 13.2 Å². The summed E-state index contributed by atoms with van der Waals surface area (Å²) in [6.07, 6.45) is 2.96. The number of rotatable bonds is 7. The second-order valence-electron chi connectivity index (χ2n) is 11.2. The maximum Gasteiger partial charge on any atom is 0.251 e. The van der Waals surface area contributed by atoms with Crippen molar-refractivity contribution in [2.24, 2.45) is 5.92 Å². The molecule has 3 aromatic carbocycles. The molecule has 1 amide bonds. The predicted octanol–water partition coefficient (Wildman–Crippen LogP) is 6.35. The number of carbonyl (C=O) groups is 1. The first-order valence-corrected chi connectivity index (χ1v) is 16.0. The van der Waals surface area contributed by atoms with Crippen molar-refractivity contribution in [3.63, 3.8) is 0 Å². The van der Waals surface area contributed by atoms with Gasteiger partial charge in [-0.3, -0.25) is 9.59 Å². The van der Waals surface area contributed by atoms with E-state index in [0.29, 0.717) is 42.6 Å². The Morgan fingerprint density at radius 3 is 2.51 bits per heavy atom.